The van der Waals surface area contributed by atoms with Gasteiger partial charge in [-0.05, 0) is 70.1 Å². The first kappa shape index (κ1) is 21.1. The molecule has 8 heteroatoms. The van der Waals surface area contributed by atoms with Crippen molar-refractivity contribution in [2.75, 3.05) is 16.4 Å². The minimum Gasteiger partial charge on any atom is -0.383 e. The highest BCUT2D eigenvalue weighted by Gasteiger charge is 2.15. The van der Waals surface area contributed by atoms with Gasteiger partial charge in [-0.15, -0.1) is 11.3 Å². The standard InChI is InChI=1S/C25H19FN4OS2/c1-14-2-7-20(26)21(10-14)30-25(31)29-17-5-3-15(4-6-17)19-13-33-23-18(16-8-9-32-12-16)11-28-24(27)22(19)23/h2-13H,1H3,(H2,27,28)(H2,29,30,31). The summed E-state index contributed by atoms with van der Waals surface area (Å²) in [6.07, 6.45) is 1.82. The molecular weight excluding hydrogens is 455 g/mol. The lowest BCUT2D eigenvalue weighted by Gasteiger charge is -2.10. The fourth-order valence-corrected chi connectivity index (χ4v) is 5.43. The Morgan fingerprint density at radius 2 is 1.82 bits per heavy atom. The number of carbonyl (C=O) groups is 1. The van der Waals surface area contributed by atoms with Crippen molar-refractivity contribution >= 4 is 56.0 Å². The Bertz CT molecular complexity index is 1460. The number of carbonyl (C=O) groups excluding carboxylic acids is 1. The van der Waals surface area contributed by atoms with Gasteiger partial charge in [-0.2, -0.15) is 11.3 Å². The predicted molar refractivity (Wildman–Crippen MR) is 137 cm³/mol. The van der Waals surface area contributed by atoms with E-state index in [1.807, 2.05) is 30.6 Å². The molecule has 5 nitrogen and oxygen atoms in total. The molecule has 3 heterocycles. The molecule has 5 rings (SSSR count). The predicted octanol–water partition coefficient (Wildman–Crippen LogP) is 7.37. The lowest BCUT2D eigenvalue weighted by Crippen LogP contribution is -2.20. The number of fused-ring (bicyclic) bond motifs is 1. The molecule has 0 spiro atoms. The van der Waals surface area contributed by atoms with Crippen LogP contribution in [0.1, 0.15) is 5.56 Å². The first-order chi connectivity index (χ1) is 16.0. The second-order valence-corrected chi connectivity index (χ2v) is 9.22. The molecule has 0 atom stereocenters. The van der Waals surface area contributed by atoms with Gasteiger partial charge in [0.15, 0.2) is 0 Å². The van der Waals surface area contributed by atoms with Crippen LogP contribution in [0.25, 0.3) is 32.3 Å². The number of rotatable bonds is 4. The van der Waals surface area contributed by atoms with Crippen LogP contribution in [-0.2, 0) is 0 Å². The van der Waals surface area contributed by atoms with Gasteiger partial charge >= 0.3 is 6.03 Å². The molecule has 2 amide bonds. The number of hydrogen-bond acceptors (Lipinski definition) is 5. The van der Waals surface area contributed by atoms with Gasteiger partial charge in [-0.1, -0.05) is 18.2 Å². The molecule has 5 aromatic rings. The van der Waals surface area contributed by atoms with Crippen molar-refractivity contribution in [1.82, 2.24) is 4.98 Å². The van der Waals surface area contributed by atoms with Crippen molar-refractivity contribution in [3.8, 4) is 22.3 Å². The fourth-order valence-electron chi connectivity index (χ4n) is 3.66. The second-order valence-electron chi connectivity index (χ2n) is 7.56. The molecule has 33 heavy (non-hydrogen) atoms. The van der Waals surface area contributed by atoms with E-state index >= 15 is 0 Å². The number of halogens is 1. The first-order valence-corrected chi connectivity index (χ1v) is 11.9. The van der Waals surface area contributed by atoms with Gasteiger partial charge in [0.25, 0.3) is 0 Å². The third kappa shape index (κ3) is 4.18. The molecule has 0 fully saturated rings. The number of aryl methyl sites for hydroxylation is 1. The van der Waals surface area contributed by atoms with Crippen LogP contribution in [0, 0.1) is 12.7 Å². The van der Waals surface area contributed by atoms with E-state index in [0.29, 0.717) is 11.5 Å². The van der Waals surface area contributed by atoms with E-state index in [4.69, 9.17) is 5.73 Å². The lowest BCUT2D eigenvalue weighted by atomic mass is 10.0. The van der Waals surface area contributed by atoms with E-state index in [0.717, 1.165) is 37.9 Å². The van der Waals surface area contributed by atoms with Gasteiger partial charge in [0.1, 0.15) is 11.6 Å². The summed E-state index contributed by atoms with van der Waals surface area (Å²) in [5, 5.41) is 12.4. The molecule has 2 aromatic carbocycles. The Kier molecular flexibility index (Phi) is 5.53. The largest absolute Gasteiger partial charge is 0.383 e. The van der Waals surface area contributed by atoms with Gasteiger partial charge in [0, 0.05) is 33.1 Å². The third-order valence-corrected chi connectivity index (χ3v) is 6.98. The summed E-state index contributed by atoms with van der Waals surface area (Å²) in [7, 11) is 0. The zero-order chi connectivity index (χ0) is 22.9. The lowest BCUT2D eigenvalue weighted by molar-refractivity contribution is 0.262. The number of aromatic nitrogens is 1. The van der Waals surface area contributed by atoms with Crippen molar-refractivity contribution in [3.05, 3.63) is 82.2 Å². The van der Waals surface area contributed by atoms with Crippen molar-refractivity contribution < 1.29 is 9.18 Å². The first-order valence-electron chi connectivity index (χ1n) is 10.1. The highest BCUT2D eigenvalue weighted by atomic mass is 32.1. The molecule has 0 bridgehead atoms. The molecule has 164 valence electrons. The minimum atomic E-state index is -0.512. The summed E-state index contributed by atoms with van der Waals surface area (Å²) in [6.45, 7) is 1.83. The topological polar surface area (TPSA) is 80.0 Å². The summed E-state index contributed by atoms with van der Waals surface area (Å²) < 4.78 is 15.0. The van der Waals surface area contributed by atoms with Gasteiger partial charge in [-0.25, -0.2) is 14.2 Å². The fraction of sp³-hybridized carbons (Fsp3) is 0.0400. The van der Waals surface area contributed by atoms with Gasteiger partial charge < -0.3 is 16.4 Å². The van der Waals surface area contributed by atoms with E-state index in [9.17, 15) is 9.18 Å². The van der Waals surface area contributed by atoms with Crippen molar-refractivity contribution in [1.29, 1.82) is 0 Å². The second kappa shape index (κ2) is 8.65. The summed E-state index contributed by atoms with van der Waals surface area (Å²) in [6, 6.07) is 13.6. The zero-order valence-corrected chi connectivity index (χ0v) is 19.2. The maximum atomic E-state index is 13.9. The van der Waals surface area contributed by atoms with Crippen LogP contribution in [0.2, 0.25) is 0 Å². The SMILES string of the molecule is Cc1ccc(F)c(NC(=O)Nc2ccc(-c3csc4c(-c5ccsc5)cnc(N)c34)cc2)c1. The molecule has 4 N–H and O–H groups in total. The van der Waals surface area contributed by atoms with Crippen LogP contribution in [-0.4, -0.2) is 11.0 Å². The maximum absolute atomic E-state index is 13.9. The smallest absolute Gasteiger partial charge is 0.323 e. The normalized spacial score (nSPS) is 11.0. The summed E-state index contributed by atoms with van der Waals surface area (Å²) in [5.74, 6) is 0.00504. The number of nitrogen functional groups attached to an aromatic ring is 1. The van der Waals surface area contributed by atoms with Gasteiger partial charge in [-0.3, -0.25) is 0 Å². The summed E-state index contributed by atoms with van der Waals surface area (Å²) >= 11 is 3.28. The number of hydrogen-bond donors (Lipinski definition) is 3. The van der Waals surface area contributed by atoms with Crippen molar-refractivity contribution in [3.63, 3.8) is 0 Å². The molecule has 0 saturated carbocycles. The average molecular weight is 475 g/mol. The molecule has 0 unspecified atom stereocenters. The zero-order valence-electron chi connectivity index (χ0n) is 17.6. The van der Waals surface area contributed by atoms with Crippen molar-refractivity contribution in [2.24, 2.45) is 0 Å². The molecule has 0 aliphatic carbocycles. The number of anilines is 3. The minimum absolute atomic E-state index is 0.137. The van der Waals surface area contributed by atoms with Gasteiger partial charge in [0.05, 0.1) is 5.69 Å². The summed E-state index contributed by atoms with van der Waals surface area (Å²) in [4.78, 5) is 16.7. The Morgan fingerprint density at radius 1 is 1.00 bits per heavy atom. The Labute approximate surface area is 197 Å². The third-order valence-electron chi connectivity index (χ3n) is 5.28. The number of nitrogens with two attached hydrogens (primary N) is 1. The highest BCUT2D eigenvalue weighted by Crippen LogP contribution is 2.42. The van der Waals surface area contributed by atoms with Gasteiger partial charge in [0.2, 0.25) is 0 Å². The van der Waals surface area contributed by atoms with Crippen molar-refractivity contribution in [2.45, 2.75) is 6.92 Å². The van der Waals surface area contributed by atoms with E-state index < -0.39 is 11.8 Å². The average Bonchev–Trinajstić information content (AvgIpc) is 3.48. The summed E-state index contributed by atoms with van der Waals surface area (Å²) in [5.41, 5.74) is 12.0. The Morgan fingerprint density at radius 3 is 2.58 bits per heavy atom. The monoisotopic (exact) mass is 474 g/mol. The molecule has 3 aromatic heterocycles. The number of thiophene rings is 2. The van der Waals surface area contributed by atoms with Crippen LogP contribution in [0.4, 0.5) is 26.4 Å². The molecule has 0 saturated heterocycles. The maximum Gasteiger partial charge on any atom is 0.323 e. The molecule has 0 radical (unpaired) electrons. The van der Waals surface area contributed by atoms with E-state index in [-0.39, 0.29) is 5.69 Å². The number of pyridine rings is 1. The van der Waals surface area contributed by atoms with E-state index in [2.05, 4.69) is 32.4 Å². The number of urea groups is 1. The van der Waals surface area contributed by atoms with Crippen LogP contribution in [0.5, 0.6) is 0 Å². The number of nitrogens with one attached hydrogen (secondary N) is 2. The van der Waals surface area contributed by atoms with Crippen LogP contribution >= 0.6 is 22.7 Å². The highest BCUT2D eigenvalue weighted by molar-refractivity contribution is 7.18. The van der Waals surface area contributed by atoms with E-state index in [1.165, 1.54) is 6.07 Å². The van der Waals surface area contributed by atoms with Crippen LogP contribution in [0.3, 0.4) is 0 Å². The quantitative estimate of drug-likeness (QED) is 0.254. The number of nitrogens with zero attached hydrogens (tertiary/aromatic N) is 1. The number of benzene rings is 2. The number of amides is 2. The molecular formula is C25H19FN4OS2. The molecule has 0 aliphatic rings. The Hall–Kier alpha value is -3.75. The van der Waals surface area contributed by atoms with E-state index in [1.54, 1.807) is 46.9 Å². The van der Waals surface area contributed by atoms with Crippen LogP contribution < -0.4 is 16.4 Å². The van der Waals surface area contributed by atoms with Crippen LogP contribution in [0.15, 0.2) is 70.9 Å². The Balaban J connectivity index is 1.39. The molecule has 0 aliphatic heterocycles.